The van der Waals surface area contributed by atoms with Gasteiger partial charge in [0.25, 0.3) is 0 Å². The van der Waals surface area contributed by atoms with Crippen molar-refractivity contribution in [2.24, 2.45) is 0 Å². The zero-order valence-electron chi connectivity index (χ0n) is 8.59. The molecule has 5 heteroatoms. The molecule has 0 unspecified atom stereocenters. The quantitative estimate of drug-likeness (QED) is 0.645. The van der Waals surface area contributed by atoms with E-state index in [1.165, 1.54) is 4.90 Å². The number of likely N-dealkylation sites (tertiary alicyclic amines) is 1. The largest absolute Gasteiger partial charge is 0.389 e. The fourth-order valence-corrected chi connectivity index (χ4v) is 1.47. The van der Waals surface area contributed by atoms with E-state index in [-0.39, 0.29) is 13.1 Å². The summed E-state index contributed by atoms with van der Waals surface area (Å²) in [6.07, 6.45) is -0.492. The van der Waals surface area contributed by atoms with Gasteiger partial charge in [-0.15, -0.1) is 0 Å². The first kappa shape index (κ1) is 10.6. The van der Waals surface area contributed by atoms with Gasteiger partial charge < -0.3 is 15.3 Å². The SMILES string of the molecule is O=C(Nc1ccccc1)C(=O)N1CC(O)C1. The summed E-state index contributed by atoms with van der Waals surface area (Å²) in [5.74, 6) is -1.27. The van der Waals surface area contributed by atoms with Gasteiger partial charge in [-0.1, -0.05) is 18.2 Å². The maximum Gasteiger partial charge on any atom is 0.313 e. The number of hydrogen-bond donors (Lipinski definition) is 2. The zero-order chi connectivity index (χ0) is 11.5. The number of anilines is 1. The van der Waals surface area contributed by atoms with E-state index < -0.39 is 17.9 Å². The third-order valence-corrected chi connectivity index (χ3v) is 2.38. The molecule has 2 rings (SSSR count). The van der Waals surface area contributed by atoms with E-state index in [1.807, 2.05) is 6.07 Å². The maximum atomic E-state index is 11.5. The van der Waals surface area contributed by atoms with Crippen LogP contribution in [0.3, 0.4) is 0 Å². The monoisotopic (exact) mass is 220 g/mol. The number of aliphatic hydroxyl groups is 1. The molecule has 1 aromatic rings. The summed E-state index contributed by atoms with van der Waals surface area (Å²) < 4.78 is 0. The van der Waals surface area contributed by atoms with Crippen molar-refractivity contribution >= 4 is 17.5 Å². The molecule has 0 saturated carbocycles. The highest BCUT2D eigenvalue weighted by Crippen LogP contribution is 2.09. The minimum atomic E-state index is -0.668. The lowest BCUT2D eigenvalue weighted by Crippen LogP contribution is -2.56. The molecule has 5 nitrogen and oxygen atoms in total. The van der Waals surface area contributed by atoms with E-state index in [9.17, 15) is 9.59 Å². The first-order chi connectivity index (χ1) is 7.66. The molecule has 1 heterocycles. The molecule has 84 valence electrons. The van der Waals surface area contributed by atoms with Crippen LogP contribution in [0.5, 0.6) is 0 Å². The van der Waals surface area contributed by atoms with Crippen molar-refractivity contribution in [2.75, 3.05) is 18.4 Å². The molecule has 1 aliphatic heterocycles. The summed E-state index contributed by atoms with van der Waals surface area (Å²) in [5, 5.41) is 11.5. The Hall–Kier alpha value is -1.88. The van der Waals surface area contributed by atoms with Gasteiger partial charge in [-0.05, 0) is 12.1 Å². The Morgan fingerprint density at radius 3 is 2.44 bits per heavy atom. The van der Waals surface area contributed by atoms with Crippen molar-refractivity contribution in [2.45, 2.75) is 6.10 Å². The Bertz CT molecular complexity index is 399. The van der Waals surface area contributed by atoms with Gasteiger partial charge in [-0.3, -0.25) is 9.59 Å². The van der Waals surface area contributed by atoms with Crippen molar-refractivity contribution in [1.82, 2.24) is 4.90 Å². The average Bonchev–Trinajstić information content (AvgIpc) is 2.25. The summed E-state index contributed by atoms with van der Waals surface area (Å²) in [5.41, 5.74) is 0.585. The van der Waals surface area contributed by atoms with Gasteiger partial charge in [0.2, 0.25) is 0 Å². The van der Waals surface area contributed by atoms with Crippen molar-refractivity contribution in [3.05, 3.63) is 30.3 Å². The van der Waals surface area contributed by atoms with E-state index >= 15 is 0 Å². The number of β-amino-alcohol motifs (C(OH)–C–C–N with tert-alkyl or cyclic N) is 1. The number of carbonyl (C=O) groups excluding carboxylic acids is 2. The van der Waals surface area contributed by atoms with Gasteiger partial charge in [-0.25, -0.2) is 0 Å². The first-order valence-electron chi connectivity index (χ1n) is 5.00. The molecule has 2 amide bonds. The standard InChI is InChI=1S/C11H12N2O3/c14-9-6-13(7-9)11(16)10(15)12-8-4-2-1-3-5-8/h1-5,9,14H,6-7H2,(H,12,15). The highest BCUT2D eigenvalue weighted by Gasteiger charge is 2.32. The van der Waals surface area contributed by atoms with E-state index in [2.05, 4.69) is 5.32 Å². The van der Waals surface area contributed by atoms with Crippen LogP contribution in [-0.4, -0.2) is 41.0 Å². The van der Waals surface area contributed by atoms with Gasteiger partial charge in [0, 0.05) is 18.8 Å². The van der Waals surface area contributed by atoms with Gasteiger partial charge in [0.15, 0.2) is 0 Å². The van der Waals surface area contributed by atoms with Crippen LogP contribution in [0.1, 0.15) is 0 Å². The molecular formula is C11H12N2O3. The molecule has 0 aromatic heterocycles. The van der Waals surface area contributed by atoms with E-state index in [4.69, 9.17) is 5.11 Å². The van der Waals surface area contributed by atoms with Crippen LogP contribution in [0.25, 0.3) is 0 Å². The number of amides is 2. The molecule has 1 fully saturated rings. The summed E-state index contributed by atoms with van der Waals surface area (Å²) in [4.78, 5) is 24.3. The van der Waals surface area contributed by atoms with Crippen LogP contribution >= 0.6 is 0 Å². The topological polar surface area (TPSA) is 69.6 Å². The predicted molar refractivity (Wildman–Crippen MR) is 57.7 cm³/mol. The minimum absolute atomic E-state index is 0.237. The second kappa shape index (κ2) is 4.32. The molecule has 1 aromatic carbocycles. The van der Waals surface area contributed by atoms with Crippen LogP contribution in [0, 0.1) is 0 Å². The van der Waals surface area contributed by atoms with Crippen molar-refractivity contribution in [3.63, 3.8) is 0 Å². The Labute approximate surface area is 92.7 Å². The molecule has 0 atom stereocenters. The van der Waals surface area contributed by atoms with Crippen LogP contribution in [-0.2, 0) is 9.59 Å². The Balaban J connectivity index is 1.91. The summed E-state index contributed by atoms with van der Waals surface area (Å²) >= 11 is 0. The van der Waals surface area contributed by atoms with E-state index in [0.29, 0.717) is 5.69 Å². The van der Waals surface area contributed by atoms with E-state index in [0.717, 1.165) is 0 Å². The van der Waals surface area contributed by atoms with Crippen molar-refractivity contribution < 1.29 is 14.7 Å². The smallest absolute Gasteiger partial charge is 0.313 e. The molecule has 0 aliphatic carbocycles. The number of nitrogens with one attached hydrogen (secondary N) is 1. The minimum Gasteiger partial charge on any atom is -0.389 e. The molecule has 0 bridgehead atoms. The Morgan fingerprint density at radius 2 is 1.88 bits per heavy atom. The predicted octanol–water partition coefficient (Wildman–Crippen LogP) is -0.172. The van der Waals surface area contributed by atoms with Gasteiger partial charge >= 0.3 is 11.8 Å². The average molecular weight is 220 g/mol. The fraction of sp³-hybridized carbons (Fsp3) is 0.273. The molecule has 1 aliphatic rings. The van der Waals surface area contributed by atoms with Crippen LogP contribution in [0.2, 0.25) is 0 Å². The highest BCUT2D eigenvalue weighted by molar-refractivity contribution is 6.39. The van der Waals surface area contributed by atoms with Gasteiger partial charge in [0.1, 0.15) is 0 Å². The lowest BCUT2D eigenvalue weighted by Gasteiger charge is -2.35. The fourth-order valence-electron chi connectivity index (χ4n) is 1.47. The summed E-state index contributed by atoms with van der Waals surface area (Å²) in [6, 6.07) is 8.77. The number of nitrogens with zero attached hydrogens (tertiary/aromatic N) is 1. The molecule has 2 N–H and O–H groups in total. The van der Waals surface area contributed by atoms with E-state index in [1.54, 1.807) is 24.3 Å². The molecular weight excluding hydrogens is 208 g/mol. The first-order valence-corrected chi connectivity index (χ1v) is 5.00. The molecule has 16 heavy (non-hydrogen) atoms. The lowest BCUT2D eigenvalue weighted by molar-refractivity contribution is -0.150. The zero-order valence-corrected chi connectivity index (χ0v) is 8.59. The second-order valence-corrected chi connectivity index (χ2v) is 3.68. The number of carbonyl (C=O) groups is 2. The highest BCUT2D eigenvalue weighted by atomic mass is 16.3. The summed E-state index contributed by atoms with van der Waals surface area (Å²) in [6.45, 7) is 0.474. The number of para-hydroxylation sites is 1. The number of benzene rings is 1. The van der Waals surface area contributed by atoms with Crippen LogP contribution in [0.4, 0.5) is 5.69 Å². The molecule has 0 spiro atoms. The third kappa shape index (κ3) is 2.20. The number of aliphatic hydroxyl groups excluding tert-OH is 1. The maximum absolute atomic E-state index is 11.5. The molecule has 0 radical (unpaired) electrons. The summed E-state index contributed by atoms with van der Waals surface area (Å²) in [7, 11) is 0. The Kier molecular flexibility index (Phi) is 2.87. The number of hydrogen-bond acceptors (Lipinski definition) is 3. The second-order valence-electron chi connectivity index (χ2n) is 3.68. The van der Waals surface area contributed by atoms with Crippen molar-refractivity contribution in [1.29, 1.82) is 0 Å². The normalized spacial score (nSPS) is 15.4. The lowest BCUT2D eigenvalue weighted by atomic mass is 10.1. The number of rotatable bonds is 1. The Morgan fingerprint density at radius 1 is 1.25 bits per heavy atom. The van der Waals surface area contributed by atoms with Crippen LogP contribution < -0.4 is 5.32 Å². The van der Waals surface area contributed by atoms with Crippen molar-refractivity contribution in [3.8, 4) is 0 Å². The van der Waals surface area contributed by atoms with Gasteiger partial charge in [0.05, 0.1) is 6.10 Å². The van der Waals surface area contributed by atoms with Crippen LogP contribution in [0.15, 0.2) is 30.3 Å². The third-order valence-electron chi connectivity index (χ3n) is 2.38. The van der Waals surface area contributed by atoms with Gasteiger partial charge in [-0.2, -0.15) is 0 Å². The molecule has 1 saturated heterocycles.